The average molecular weight is 217 g/mol. The second kappa shape index (κ2) is 4.67. The first kappa shape index (κ1) is 9.80. The van der Waals surface area contributed by atoms with Gasteiger partial charge in [-0.05, 0) is 12.1 Å². The molecule has 0 saturated heterocycles. The summed E-state index contributed by atoms with van der Waals surface area (Å²) in [5, 5.41) is 1.16. The second-order valence-electron chi connectivity index (χ2n) is 2.06. The fourth-order valence-electron chi connectivity index (χ4n) is 0.745. The van der Waals surface area contributed by atoms with Crippen LogP contribution in [-0.4, -0.2) is 5.75 Å². The first-order valence-electron chi connectivity index (χ1n) is 3.29. The number of hydrogen-bond acceptors (Lipinski definition) is 1. The highest BCUT2D eigenvalue weighted by atomic mass is 35.5. The number of halogens is 2. The number of thiol groups is 1. The molecule has 12 heavy (non-hydrogen) atoms. The van der Waals surface area contributed by atoms with Crippen molar-refractivity contribution in [2.45, 2.75) is 0 Å². The highest BCUT2D eigenvalue weighted by Crippen LogP contribution is 2.22. The Kier molecular flexibility index (Phi) is 3.81. The number of rotatable bonds is 0. The van der Waals surface area contributed by atoms with Crippen LogP contribution in [0, 0.1) is 11.8 Å². The lowest BCUT2D eigenvalue weighted by Gasteiger charge is -1.96. The molecule has 1 aromatic rings. The van der Waals surface area contributed by atoms with Gasteiger partial charge < -0.3 is 0 Å². The van der Waals surface area contributed by atoms with Gasteiger partial charge in [-0.25, -0.2) is 0 Å². The zero-order chi connectivity index (χ0) is 8.97. The lowest BCUT2D eigenvalue weighted by Crippen LogP contribution is -1.78. The highest BCUT2D eigenvalue weighted by molar-refractivity contribution is 7.80. The summed E-state index contributed by atoms with van der Waals surface area (Å²) >= 11 is 15.7. The fraction of sp³-hybridized carbons (Fsp3) is 0.111. The van der Waals surface area contributed by atoms with Crippen LogP contribution in [0.4, 0.5) is 0 Å². The minimum Gasteiger partial charge on any atom is -0.166 e. The van der Waals surface area contributed by atoms with Gasteiger partial charge in [-0.2, -0.15) is 12.6 Å². The maximum atomic E-state index is 5.85. The van der Waals surface area contributed by atoms with Crippen LogP contribution >= 0.6 is 35.8 Å². The van der Waals surface area contributed by atoms with Crippen LogP contribution in [0.3, 0.4) is 0 Å². The summed E-state index contributed by atoms with van der Waals surface area (Å²) in [6.07, 6.45) is 0. The van der Waals surface area contributed by atoms with E-state index in [2.05, 4.69) is 24.5 Å². The summed E-state index contributed by atoms with van der Waals surface area (Å²) in [4.78, 5) is 0. The van der Waals surface area contributed by atoms with Gasteiger partial charge in [0.25, 0.3) is 0 Å². The molecule has 0 aromatic heterocycles. The summed E-state index contributed by atoms with van der Waals surface area (Å²) < 4.78 is 0. The molecule has 0 N–H and O–H groups in total. The zero-order valence-electron chi connectivity index (χ0n) is 6.14. The van der Waals surface area contributed by atoms with Crippen LogP contribution in [0.1, 0.15) is 5.56 Å². The van der Waals surface area contributed by atoms with Gasteiger partial charge in [0.2, 0.25) is 0 Å². The van der Waals surface area contributed by atoms with E-state index in [4.69, 9.17) is 23.2 Å². The fourth-order valence-corrected chi connectivity index (χ4v) is 1.32. The Morgan fingerprint density at radius 1 is 1.25 bits per heavy atom. The molecule has 0 amide bonds. The molecular formula is C9H6Cl2S. The molecule has 0 heterocycles. The van der Waals surface area contributed by atoms with Gasteiger partial charge in [0.05, 0.1) is 21.4 Å². The molecule has 0 saturated carbocycles. The molecule has 0 spiro atoms. The monoisotopic (exact) mass is 216 g/mol. The molecule has 0 nitrogen and oxygen atoms in total. The molecule has 0 radical (unpaired) electrons. The van der Waals surface area contributed by atoms with Crippen LogP contribution in [0.2, 0.25) is 10.0 Å². The molecular weight excluding hydrogens is 211 g/mol. The van der Waals surface area contributed by atoms with E-state index in [1.807, 2.05) is 0 Å². The van der Waals surface area contributed by atoms with Gasteiger partial charge in [-0.3, -0.25) is 0 Å². The van der Waals surface area contributed by atoms with Crippen molar-refractivity contribution in [3.05, 3.63) is 33.8 Å². The third-order valence-corrected chi connectivity index (χ3v) is 2.04. The Labute approximate surface area is 87.3 Å². The van der Waals surface area contributed by atoms with Crippen LogP contribution in [0.15, 0.2) is 18.2 Å². The second-order valence-corrected chi connectivity index (χ2v) is 3.19. The van der Waals surface area contributed by atoms with Crippen molar-refractivity contribution in [2.75, 3.05) is 5.75 Å². The van der Waals surface area contributed by atoms with Gasteiger partial charge in [0.15, 0.2) is 0 Å². The topological polar surface area (TPSA) is 0 Å². The van der Waals surface area contributed by atoms with Gasteiger partial charge in [0.1, 0.15) is 0 Å². The Balaban J connectivity index is 3.13. The van der Waals surface area contributed by atoms with Crippen LogP contribution in [0.5, 0.6) is 0 Å². The molecule has 0 atom stereocenters. The minimum absolute atomic E-state index is 0.502. The predicted octanol–water partition coefficient (Wildman–Crippen LogP) is 3.27. The Morgan fingerprint density at radius 3 is 2.33 bits per heavy atom. The minimum atomic E-state index is 0.502. The lowest BCUT2D eigenvalue weighted by molar-refractivity contribution is 1.64. The van der Waals surface area contributed by atoms with E-state index in [1.54, 1.807) is 18.2 Å². The van der Waals surface area contributed by atoms with E-state index in [0.29, 0.717) is 21.4 Å². The van der Waals surface area contributed by atoms with E-state index in [9.17, 15) is 0 Å². The molecule has 0 aliphatic carbocycles. The van der Waals surface area contributed by atoms with Gasteiger partial charge in [-0.15, -0.1) is 0 Å². The summed E-state index contributed by atoms with van der Waals surface area (Å²) in [5.41, 5.74) is 0.676. The number of benzene rings is 1. The van der Waals surface area contributed by atoms with E-state index in [1.165, 1.54) is 0 Å². The Bertz CT molecular complexity index is 316. The summed E-state index contributed by atoms with van der Waals surface area (Å²) in [6.45, 7) is 0. The van der Waals surface area contributed by atoms with Crippen molar-refractivity contribution in [3.63, 3.8) is 0 Å². The molecule has 0 unspecified atom stereocenters. The molecule has 0 fully saturated rings. The van der Waals surface area contributed by atoms with Crippen molar-refractivity contribution < 1.29 is 0 Å². The third-order valence-electron chi connectivity index (χ3n) is 1.26. The molecule has 3 heteroatoms. The Morgan fingerprint density at radius 2 is 1.83 bits per heavy atom. The van der Waals surface area contributed by atoms with Crippen molar-refractivity contribution in [2.24, 2.45) is 0 Å². The summed E-state index contributed by atoms with van der Waals surface area (Å²) in [6, 6.07) is 5.31. The first-order valence-corrected chi connectivity index (χ1v) is 4.68. The molecule has 0 bridgehead atoms. The largest absolute Gasteiger partial charge is 0.166 e. The van der Waals surface area contributed by atoms with Crippen molar-refractivity contribution >= 4 is 35.8 Å². The normalized spacial score (nSPS) is 8.92. The standard InChI is InChI=1S/C9H6Cl2S/c10-8-4-1-5-9(11)7(8)3-2-6-12/h1,4-5,12H,6H2. The summed E-state index contributed by atoms with van der Waals surface area (Å²) in [7, 11) is 0. The van der Waals surface area contributed by atoms with Crippen LogP contribution < -0.4 is 0 Å². The molecule has 1 rings (SSSR count). The first-order chi connectivity index (χ1) is 5.75. The van der Waals surface area contributed by atoms with Gasteiger partial charge in [0, 0.05) is 0 Å². The van der Waals surface area contributed by atoms with Crippen molar-refractivity contribution in [1.82, 2.24) is 0 Å². The SMILES string of the molecule is SCC#Cc1c(Cl)cccc1Cl. The lowest BCUT2D eigenvalue weighted by atomic mass is 10.2. The highest BCUT2D eigenvalue weighted by Gasteiger charge is 2.00. The zero-order valence-corrected chi connectivity index (χ0v) is 8.55. The maximum absolute atomic E-state index is 5.85. The van der Waals surface area contributed by atoms with Gasteiger partial charge >= 0.3 is 0 Å². The molecule has 0 aliphatic rings. The maximum Gasteiger partial charge on any atom is 0.0618 e. The van der Waals surface area contributed by atoms with Crippen LogP contribution in [0.25, 0.3) is 0 Å². The smallest absolute Gasteiger partial charge is 0.0618 e. The summed E-state index contributed by atoms with van der Waals surface area (Å²) in [5.74, 6) is 6.13. The third kappa shape index (κ3) is 2.35. The van der Waals surface area contributed by atoms with Crippen molar-refractivity contribution in [1.29, 1.82) is 0 Å². The van der Waals surface area contributed by atoms with Crippen LogP contribution in [-0.2, 0) is 0 Å². The molecule has 0 aliphatic heterocycles. The molecule has 62 valence electrons. The average Bonchev–Trinajstić information content (AvgIpc) is 2.04. The van der Waals surface area contributed by atoms with Crippen molar-refractivity contribution in [3.8, 4) is 11.8 Å². The Hall–Kier alpha value is -0.290. The van der Waals surface area contributed by atoms with E-state index >= 15 is 0 Å². The van der Waals surface area contributed by atoms with E-state index in [0.717, 1.165) is 0 Å². The quantitative estimate of drug-likeness (QED) is 0.500. The van der Waals surface area contributed by atoms with E-state index < -0.39 is 0 Å². The predicted molar refractivity (Wildman–Crippen MR) is 57.2 cm³/mol. The number of hydrogen-bond donors (Lipinski definition) is 1. The van der Waals surface area contributed by atoms with E-state index in [-0.39, 0.29) is 0 Å². The molecule has 1 aromatic carbocycles. The van der Waals surface area contributed by atoms with Gasteiger partial charge in [-0.1, -0.05) is 41.1 Å².